The lowest BCUT2D eigenvalue weighted by Crippen LogP contribution is -2.06. The Bertz CT molecular complexity index is 836. The number of hydrogen-bond acceptors (Lipinski definition) is 3. The number of nitrogens with zero attached hydrogens (tertiary/aromatic N) is 2. The van der Waals surface area contributed by atoms with Gasteiger partial charge in [-0.3, -0.25) is 0 Å². The summed E-state index contributed by atoms with van der Waals surface area (Å²) < 4.78 is 8.16. The van der Waals surface area contributed by atoms with E-state index in [-0.39, 0.29) is 0 Å². The number of nitrogens with two attached hydrogens (primary N) is 1. The third kappa shape index (κ3) is 3.08. The van der Waals surface area contributed by atoms with Gasteiger partial charge in [0.1, 0.15) is 6.61 Å². The van der Waals surface area contributed by atoms with Gasteiger partial charge in [0.05, 0.1) is 5.69 Å². The van der Waals surface area contributed by atoms with Crippen LogP contribution in [0.1, 0.15) is 28.1 Å². The molecule has 1 aromatic carbocycles. The first-order chi connectivity index (χ1) is 11.1. The van der Waals surface area contributed by atoms with E-state index in [9.17, 15) is 0 Å². The van der Waals surface area contributed by atoms with E-state index in [1.165, 1.54) is 16.7 Å². The van der Waals surface area contributed by atoms with Crippen molar-refractivity contribution in [2.24, 2.45) is 5.73 Å². The number of ether oxygens (including phenoxy) is 1. The molecule has 2 aromatic heterocycles. The molecule has 2 heterocycles. The highest BCUT2D eigenvalue weighted by atomic mass is 16.5. The van der Waals surface area contributed by atoms with Gasteiger partial charge >= 0.3 is 0 Å². The lowest BCUT2D eigenvalue weighted by Gasteiger charge is -2.11. The number of benzene rings is 1. The molecule has 0 fully saturated rings. The Morgan fingerprint density at radius 1 is 1.17 bits per heavy atom. The van der Waals surface area contributed by atoms with Crippen molar-refractivity contribution in [3.63, 3.8) is 0 Å². The quantitative estimate of drug-likeness (QED) is 0.786. The Hall–Kier alpha value is -2.33. The predicted octanol–water partition coefficient (Wildman–Crippen LogP) is 3.34. The van der Waals surface area contributed by atoms with Crippen LogP contribution in [0.25, 0.3) is 5.65 Å². The number of rotatable bonds is 5. The molecule has 0 aliphatic rings. The molecule has 120 valence electrons. The van der Waals surface area contributed by atoms with E-state index in [0.29, 0.717) is 13.2 Å². The van der Waals surface area contributed by atoms with Gasteiger partial charge in [-0.2, -0.15) is 0 Å². The van der Waals surface area contributed by atoms with Crippen LogP contribution in [0.4, 0.5) is 0 Å². The fraction of sp³-hybridized carbons (Fsp3) is 0.316. The maximum Gasteiger partial charge on any atom is 0.180 e. The first kappa shape index (κ1) is 15.6. The minimum absolute atomic E-state index is 0.547. The van der Waals surface area contributed by atoms with Gasteiger partial charge in [-0.1, -0.05) is 23.8 Å². The molecule has 0 atom stereocenters. The summed E-state index contributed by atoms with van der Waals surface area (Å²) in [6.45, 7) is 7.39. The molecule has 4 nitrogen and oxygen atoms in total. The zero-order chi connectivity index (χ0) is 16.4. The molecule has 0 spiro atoms. The van der Waals surface area contributed by atoms with Gasteiger partial charge in [0.25, 0.3) is 0 Å². The SMILES string of the molecule is Cc1ccc(C)c(COc2cccn3c(CCN)c(C)nc23)c1. The van der Waals surface area contributed by atoms with Crippen molar-refractivity contribution in [2.75, 3.05) is 6.54 Å². The zero-order valence-electron chi connectivity index (χ0n) is 14.0. The highest BCUT2D eigenvalue weighted by Gasteiger charge is 2.12. The zero-order valence-corrected chi connectivity index (χ0v) is 14.0. The van der Waals surface area contributed by atoms with Crippen LogP contribution in [0.5, 0.6) is 5.75 Å². The van der Waals surface area contributed by atoms with Gasteiger partial charge in [0.15, 0.2) is 11.4 Å². The molecule has 4 heteroatoms. The summed E-state index contributed by atoms with van der Waals surface area (Å²) in [5.41, 5.74) is 12.4. The Labute approximate surface area is 136 Å². The van der Waals surface area contributed by atoms with Crippen LogP contribution in [0.15, 0.2) is 36.5 Å². The highest BCUT2D eigenvalue weighted by molar-refractivity contribution is 5.56. The lowest BCUT2D eigenvalue weighted by molar-refractivity contribution is 0.307. The fourth-order valence-corrected chi connectivity index (χ4v) is 2.87. The van der Waals surface area contributed by atoms with Gasteiger partial charge < -0.3 is 14.9 Å². The van der Waals surface area contributed by atoms with Crippen LogP contribution in [0, 0.1) is 20.8 Å². The molecular formula is C19H23N3O. The van der Waals surface area contributed by atoms with Crippen molar-refractivity contribution < 1.29 is 4.74 Å². The van der Waals surface area contributed by atoms with Crippen LogP contribution in [-0.2, 0) is 13.0 Å². The van der Waals surface area contributed by atoms with Crippen molar-refractivity contribution in [2.45, 2.75) is 33.8 Å². The minimum Gasteiger partial charge on any atom is -0.485 e. The highest BCUT2D eigenvalue weighted by Crippen LogP contribution is 2.23. The molecule has 2 N–H and O–H groups in total. The fourth-order valence-electron chi connectivity index (χ4n) is 2.87. The van der Waals surface area contributed by atoms with Crippen molar-refractivity contribution in [3.8, 4) is 5.75 Å². The van der Waals surface area contributed by atoms with E-state index in [0.717, 1.165) is 29.2 Å². The molecule has 3 aromatic rings. The van der Waals surface area contributed by atoms with Crippen molar-refractivity contribution in [1.82, 2.24) is 9.38 Å². The van der Waals surface area contributed by atoms with Gasteiger partial charge in [-0.25, -0.2) is 4.98 Å². The van der Waals surface area contributed by atoms with Crippen molar-refractivity contribution in [3.05, 3.63) is 64.6 Å². The number of aromatic nitrogens is 2. The minimum atomic E-state index is 0.547. The van der Waals surface area contributed by atoms with E-state index in [4.69, 9.17) is 10.5 Å². The molecule has 0 saturated heterocycles. The Morgan fingerprint density at radius 2 is 2.00 bits per heavy atom. The average molecular weight is 309 g/mol. The monoisotopic (exact) mass is 309 g/mol. The van der Waals surface area contributed by atoms with Crippen molar-refractivity contribution >= 4 is 5.65 Å². The molecule has 0 aliphatic carbocycles. The van der Waals surface area contributed by atoms with E-state index < -0.39 is 0 Å². The summed E-state index contributed by atoms with van der Waals surface area (Å²) in [4.78, 5) is 4.67. The Kier molecular flexibility index (Phi) is 4.35. The molecule has 0 aliphatic heterocycles. The first-order valence-electron chi connectivity index (χ1n) is 7.95. The second-order valence-corrected chi connectivity index (χ2v) is 5.97. The number of aryl methyl sites for hydroxylation is 3. The van der Waals surface area contributed by atoms with Gasteiger partial charge in [-0.05, 0) is 50.6 Å². The number of pyridine rings is 1. The molecule has 0 bridgehead atoms. The average Bonchev–Trinajstić information content (AvgIpc) is 2.85. The van der Waals surface area contributed by atoms with E-state index in [2.05, 4.69) is 41.4 Å². The smallest absolute Gasteiger partial charge is 0.180 e. The van der Waals surface area contributed by atoms with E-state index in [1.807, 2.05) is 25.3 Å². The van der Waals surface area contributed by atoms with Crippen LogP contribution in [-0.4, -0.2) is 15.9 Å². The van der Waals surface area contributed by atoms with Crippen molar-refractivity contribution in [1.29, 1.82) is 0 Å². The third-order valence-corrected chi connectivity index (χ3v) is 4.18. The Balaban J connectivity index is 1.91. The maximum absolute atomic E-state index is 6.07. The second kappa shape index (κ2) is 6.42. The maximum atomic E-state index is 6.07. The van der Waals surface area contributed by atoms with E-state index in [1.54, 1.807) is 0 Å². The molecule has 23 heavy (non-hydrogen) atoms. The standard InChI is InChI=1S/C19H23N3O/c1-13-6-7-14(2)16(11-13)12-23-18-5-4-10-22-17(8-9-20)15(3)21-19(18)22/h4-7,10-11H,8-9,12,20H2,1-3H3. The van der Waals surface area contributed by atoms with Crippen LogP contribution in [0.3, 0.4) is 0 Å². The molecule has 0 saturated carbocycles. The predicted molar refractivity (Wildman–Crippen MR) is 92.9 cm³/mol. The second-order valence-electron chi connectivity index (χ2n) is 5.97. The summed E-state index contributed by atoms with van der Waals surface area (Å²) in [7, 11) is 0. The van der Waals surface area contributed by atoms with Gasteiger partial charge in [-0.15, -0.1) is 0 Å². The molecule has 0 unspecified atom stereocenters. The molecule has 0 amide bonds. The third-order valence-electron chi connectivity index (χ3n) is 4.18. The summed E-state index contributed by atoms with van der Waals surface area (Å²) in [5.74, 6) is 0.805. The summed E-state index contributed by atoms with van der Waals surface area (Å²) in [6.07, 6.45) is 2.83. The number of hydrogen-bond donors (Lipinski definition) is 1. The summed E-state index contributed by atoms with van der Waals surface area (Å²) in [6, 6.07) is 10.4. The first-order valence-corrected chi connectivity index (χ1v) is 7.95. The topological polar surface area (TPSA) is 52.5 Å². The molecule has 0 radical (unpaired) electrons. The van der Waals surface area contributed by atoms with Gasteiger partial charge in [0, 0.05) is 18.3 Å². The van der Waals surface area contributed by atoms with Gasteiger partial charge in [0.2, 0.25) is 0 Å². The van der Waals surface area contributed by atoms with E-state index >= 15 is 0 Å². The molecular weight excluding hydrogens is 286 g/mol. The molecule has 3 rings (SSSR count). The lowest BCUT2D eigenvalue weighted by atomic mass is 10.1. The van der Waals surface area contributed by atoms with Crippen LogP contribution in [0.2, 0.25) is 0 Å². The number of fused-ring (bicyclic) bond motifs is 1. The summed E-state index contributed by atoms with van der Waals surface area (Å²) >= 11 is 0. The summed E-state index contributed by atoms with van der Waals surface area (Å²) in [5, 5.41) is 0. The van der Waals surface area contributed by atoms with Crippen LogP contribution < -0.4 is 10.5 Å². The van der Waals surface area contributed by atoms with Crippen LogP contribution >= 0.6 is 0 Å². The largest absolute Gasteiger partial charge is 0.485 e. The number of imidazole rings is 1. The Morgan fingerprint density at radius 3 is 2.78 bits per heavy atom. The normalized spacial score (nSPS) is 11.1.